The second kappa shape index (κ2) is 2.86. The van der Waals surface area contributed by atoms with Crippen molar-refractivity contribution >= 4 is 0 Å². The summed E-state index contributed by atoms with van der Waals surface area (Å²) in [6, 6.07) is 0. The van der Waals surface area contributed by atoms with Gasteiger partial charge < -0.3 is 9.63 Å². The Hall–Kier alpha value is -0.900. The summed E-state index contributed by atoms with van der Waals surface area (Å²) < 4.78 is 4.96. The minimum atomic E-state index is -0.405. The third-order valence-corrected chi connectivity index (χ3v) is 1.90. The molecule has 1 aliphatic rings. The van der Waals surface area contributed by atoms with Crippen molar-refractivity contribution in [3.8, 4) is 0 Å². The Balaban J connectivity index is 2.03. The first-order valence-corrected chi connectivity index (χ1v) is 4.26. The molecule has 1 saturated carbocycles. The van der Waals surface area contributed by atoms with Crippen LogP contribution in [0, 0.1) is 0 Å². The van der Waals surface area contributed by atoms with E-state index in [2.05, 4.69) is 10.1 Å². The number of aliphatic hydroxyl groups excluding tert-OH is 1. The maximum atomic E-state index is 9.04. The summed E-state index contributed by atoms with van der Waals surface area (Å²) >= 11 is 0. The lowest BCUT2D eigenvalue weighted by Crippen LogP contribution is -2.04. The summed E-state index contributed by atoms with van der Waals surface area (Å²) in [5.74, 6) is 1.88. The fraction of sp³-hybridized carbons (Fsp3) is 0.750. The molecule has 4 heteroatoms. The monoisotopic (exact) mass is 168 g/mol. The minimum absolute atomic E-state index is 0.405. The molecular weight excluding hydrogens is 156 g/mol. The molecule has 1 heterocycles. The zero-order valence-electron chi connectivity index (χ0n) is 7.03. The highest BCUT2D eigenvalue weighted by molar-refractivity contribution is 5.03. The van der Waals surface area contributed by atoms with E-state index in [0.717, 1.165) is 5.82 Å². The molecule has 4 nitrogen and oxygen atoms in total. The van der Waals surface area contributed by atoms with Crippen molar-refractivity contribution in [2.45, 2.75) is 38.2 Å². The predicted molar refractivity (Wildman–Crippen MR) is 41.7 cm³/mol. The average Bonchev–Trinajstić information content (AvgIpc) is 2.73. The van der Waals surface area contributed by atoms with E-state index in [4.69, 9.17) is 9.63 Å². The van der Waals surface area contributed by atoms with Gasteiger partial charge in [-0.25, -0.2) is 0 Å². The Morgan fingerprint density at radius 1 is 1.67 bits per heavy atom. The van der Waals surface area contributed by atoms with E-state index < -0.39 is 6.10 Å². The molecule has 0 radical (unpaired) electrons. The van der Waals surface area contributed by atoms with Gasteiger partial charge in [0.1, 0.15) is 0 Å². The molecule has 0 bridgehead atoms. The second-order valence-corrected chi connectivity index (χ2v) is 3.37. The van der Waals surface area contributed by atoms with E-state index in [1.807, 2.05) is 0 Å². The molecule has 0 saturated heterocycles. The van der Waals surface area contributed by atoms with Crippen molar-refractivity contribution in [1.29, 1.82) is 0 Å². The van der Waals surface area contributed by atoms with Crippen molar-refractivity contribution < 1.29 is 9.63 Å². The lowest BCUT2D eigenvalue weighted by atomic mass is 10.3. The summed E-state index contributed by atoms with van der Waals surface area (Å²) in [5.41, 5.74) is 0. The third-order valence-electron chi connectivity index (χ3n) is 1.90. The molecule has 1 aromatic rings. The normalized spacial score (nSPS) is 19.5. The topological polar surface area (TPSA) is 59.2 Å². The van der Waals surface area contributed by atoms with E-state index in [1.54, 1.807) is 6.92 Å². The number of aliphatic hydroxyl groups is 1. The van der Waals surface area contributed by atoms with Crippen molar-refractivity contribution in [1.82, 2.24) is 10.1 Å². The van der Waals surface area contributed by atoms with Gasteiger partial charge in [-0.05, 0) is 19.8 Å². The lowest BCUT2D eigenvalue weighted by molar-refractivity contribution is 0.181. The van der Waals surface area contributed by atoms with Crippen molar-refractivity contribution in [2.24, 2.45) is 0 Å². The molecule has 0 aromatic carbocycles. The summed E-state index contributed by atoms with van der Waals surface area (Å²) in [6.45, 7) is 1.71. The Kier molecular flexibility index (Phi) is 1.84. The number of hydrogen-bond donors (Lipinski definition) is 1. The van der Waals surface area contributed by atoms with Crippen LogP contribution in [0.5, 0.6) is 0 Å². The van der Waals surface area contributed by atoms with Crippen LogP contribution in [0.4, 0.5) is 0 Å². The van der Waals surface area contributed by atoms with Crippen LogP contribution in [0.25, 0.3) is 0 Å². The largest absolute Gasteiger partial charge is 0.393 e. The number of rotatable bonds is 3. The van der Waals surface area contributed by atoms with Gasteiger partial charge in [0.05, 0.1) is 12.5 Å². The van der Waals surface area contributed by atoms with E-state index in [9.17, 15) is 0 Å². The van der Waals surface area contributed by atoms with E-state index in [0.29, 0.717) is 18.2 Å². The Bertz CT molecular complexity index is 266. The first kappa shape index (κ1) is 7.73. The zero-order valence-corrected chi connectivity index (χ0v) is 7.03. The van der Waals surface area contributed by atoms with Gasteiger partial charge in [0.15, 0.2) is 5.82 Å². The number of nitrogens with zero attached hydrogens (tertiary/aromatic N) is 2. The minimum Gasteiger partial charge on any atom is -0.393 e. The molecule has 1 N–H and O–H groups in total. The lowest BCUT2D eigenvalue weighted by Gasteiger charge is -1.95. The van der Waals surface area contributed by atoms with Crippen molar-refractivity contribution in [3.05, 3.63) is 11.7 Å². The molecular formula is C8H12N2O2. The average molecular weight is 168 g/mol. The highest BCUT2D eigenvalue weighted by Crippen LogP contribution is 2.38. The smallest absolute Gasteiger partial charge is 0.229 e. The number of hydrogen-bond acceptors (Lipinski definition) is 4. The fourth-order valence-electron chi connectivity index (χ4n) is 1.11. The fourth-order valence-corrected chi connectivity index (χ4v) is 1.11. The van der Waals surface area contributed by atoms with Gasteiger partial charge in [0, 0.05) is 5.92 Å². The summed E-state index contributed by atoms with van der Waals surface area (Å²) in [6.07, 6.45) is 2.40. The van der Waals surface area contributed by atoms with Crippen LogP contribution in [0.3, 0.4) is 0 Å². The Labute approximate surface area is 70.6 Å². The molecule has 1 unspecified atom stereocenters. The van der Waals surface area contributed by atoms with Crippen LogP contribution in [-0.4, -0.2) is 21.4 Å². The molecule has 0 amide bonds. The quantitative estimate of drug-likeness (QED) is 0.727. The molecule has 1 aliphatic carbocycles. The van der Waals surface area contributed by atoms with Crippen molar-refractivity contribution in [2.75, 3.05) is 0 Å². The summed E-state index contributed by atoms with van der Waals surface area (Å²) in [5, 5.41) is 12.9. The molecule has 0 aliphatic heterocycles. The van der Waals surface area contributed by atoms with E-state index in [-0.39, 0.29) is 0 Å². The Morgan fingerprint density at radius 2 is 2.42 bits per heavy atom. The standard InChI is InChI=1S/C8H12N2O2/c1-5(11)4-7-9-8(10-12-7)6-2-3-6/h5-6,11H,2-4H2,1H3. The summed E-state index contributed by atoms with van der Waals surface area (Å²) in [4.78, 5) is 4.17. The second-order valence-electron chi connectivity index (χ2n) is 3.37. The highest BCUT2D eigenvalue weighted by atomic mass is 16.5. The maximum Gasteiger partial charge on any atom is 0.229 e. The van der Waals surface area contributed by atoms with Gasteiger partial charge in [-0.2, -0.15) is 4.98 Å². The zero-order chi connectivity index (χ0) is 8.55. The molecule has 1 aromatic heterocycles. The van der Waals surface area contributed by atoms with E-state index >= 15 is 0 Å². The maximum absolute atomic E-state index is 9.04. The predicted octanol–water partition coefficient (Wildman–Crippen LogP) is 0.870. The Morgan fingerprint density at radius 3 is 3.00 bits per heavy atom. The molecule has 12 heavy (non-hydrogen) atoms. The highest BCUT2D eigenvalue weighted by Gasteiger charge is 2.28. The van der Waals surface area contributed by atoms with Gasteiger partial charge in [0.2, 0.25) is 5.89 Å². The van der Waals surface area contributed by atoms with Gasteiger partial charge in [-0.15, -0.1) is 0 Å². The van der Waals surface area contributed by atoms with Crippen LogP contribution in [0.1, 0.15) is 37.4 Å². The van der Waals surface area contributed by atoms with Crippen LogP contribution < -0.4 is 0 Å². The SMILES string of the molecule is CC(O)Cc1nc(C2CC2)no1. The molecule has 1 fully saturated rings. The van der Waals surface area contributed by atoms with Crippen molar-refractivity contribution in [3.63, 3.8) is 0 Å². The summed E-state index contributed by atoms with van der Waals surface area (Å²) in [7, 11) is 0. The van der Waals surface area contributed by atoms with E-state index in [1.165, 1.54) is 12.8 Å². The van der Waals surface area contributed by atoms with Gasteiger partial charge in [0.25, 0.3) is 0 Å². The first-order chi connectivity index (χ1) is 5.75. The van der Waals surface area contributed by atoms with Gasteiger partial charge in [-0.1, -0.05) is 5.16 Å². The van der Waals surface area contributed by atoms with Gasteiger partial charge in [-0.3, -0.25) is 0 Å². The van der Waals surface area contributed by atoms with Gasteiger partial charge >= 0.3 is 0 Å². The van der Waals surface area contributed by atoms with Crippen LogP contribution in [0.2, 0.25) is 0 Å². The van der Waals surface area contributed by atoms with Crippen LogP contribution in [0.15, 0.2) is 4.52 Å². The van der Waals surface area contributed by atoms with Crippen LogP contribution >= 0.6 is 0 Å². The molecule has 66 valence electrons. The molecule has 0 spiro atoms. The first-order valence-electron chi connectivity index (χ1n) is 4.26. The molecule has 1 atom stereocenters. The molecule has 2 rings (SSSR count). The third kappa shape index (κ3) is 1.64. The number of aromatic nitrogens is 2. The van der Waals surface area contributed by atoms with Crippen LogP contribution in [-0.2, 0) is 6.42 Å².